The quantitative estimate of drug-likeness (QED) is 0.785. The Morgan fingerprint density at radius 1 is 1.05 bits per heavy atom. The molecule has 0 aliphatic carbocycles. The SMILES string of the molecule is O=C(NCc1ccncc1)c1cnc2ccccc2n1. The van der Waals surface area contributed by atoms with Crippen LogP contribution in [0.15, 0.2) is 55.0 Å². The van der Waals surface area contributed by atoms with Gasteiger partial charge in [0.25, 0.3) is 5.91 Å². The van der Waals surface area contributed by atoms with Gasteiger partial charge >= 0.3 is 0 Å². The van der Waals surface area contributed by atoms with E-state index in [4.69, 9.17) is 0 Å². The molecule has 20 heavy (non-hydrogen) atoms. The van der Waals surface area contributed by atoms with Crippen LogP contribution < -0.4 is 5.32 Å². The van der Waals surface area contributed by atoms with Crippen molar-refractivity contribution in [2.75, 3.05) is 0 Å². The first-order valence-electron chi connectivity index (χ1n) is 6.22. The van der Waals surface area contributed by atoms with Gasteiger partial charge in [-0.2, -0.15) is 0 Å². The predicted molar refractivity (Wildman–Crippen MR) is 74.9 cm³/mol. The molecule has 0 saturated heterocycles. The number of para-hydroxylation sites is 2. The Bertz CT molecular complexity index is 743. The lowest BCUT2D eigenvalue weighted by Gasteiger charge is -2.05. The molecule has 0 unspecified atom stereocenters. The van der Waals surface area contributed by atoms with Crippen LogP contribution in [-0.2, 0) is 6.54 Å². The van der Waals surface area contributed by atoms with Crippen LogP contribution in [-0.4, -0.2) is 20.9 Å². The molecule has 0 fully saturated rings. The number of fused-ring (bicyclic) bond motifs is 1. The van der Waals surface area contributed by atoms with Gasteiger partial charge in [-0.15, -0.1) is 0 Å². The number of carbonyl (C=O) groups excluding carboxylic acids is 1. The van der Waals surface area contributed by atoms with Gasteiger partial charge in [-0.05, 0) is 29.8 Å². The van der Waals surface area contributed by atoms with Crippen LogP contribution in [0.3, 0.4) is 0 Å². The average molecular weight is 264 g/mol. The minimum atomic E-state index is -0.236. The van der Waals surface area contributed by atoms with E-state index in [-0.39, 0.29) is 5.91 Å². The Balaban J connectivity index is 1.75. The third kappa shape index (κ3) is 2.61. The maximum absolute atomic E-state index is 12.0. The summed E-state index contributed by atoms with van der Waals surface area (Å²) in [5, 5.41) is 2.81. The number of amides is 1. The molecule has 5 heteroatoms. The second-order valence-electron chi connectivity index (χ2n) is 4.28. The van der Waals surface area contributed by atoms with E-state index >= 15 is 0 Å². The Morgan fingerprint density at radius 3 is 2.60 bits per heavy atom. The summed E-state index contributed by atoms with van der Waals surface area (Å²) >= 11 is 0. The molecule has 0 bridgehead atoms. The van der Waals surface area contributed by atoms with Gasteiger partial charge in [0, 0.05) is 18.9 Å². The first-order valence-corrected chi connectivity index (χ1v) is 6.22. The van der Waals surface area contributed by atoms with Crippen molar-refractivity contribution in [3.63, 3.8) is 0 Å². The van der Waals surface area contributed by atoms with Crippen LogP contribution in [0.5, 0.6) is 0 Å². The number of aromatic nitrogens is 3. The van der Waals surface area contributed by atoms with Gasteiger partial charge in [0.1, 0.15) is 5.69 Å². The van der Waals surface area contributed by atoms with Gasteiger partial charge in [0.05, 0.1) is 17.2 Å². The van der Waals surface area contributed by atoms with E-state index in [1.807, 2.05) is 36.4 Å². The van der Waals surface area contributed by atoms with Crippen LogP contribution in [0.4, 0.5) is 0 Å². The number of nitrogens with zero attached hydrogens (tertiary/aromatic N) is 3. The maximum Gasteiger partial charge on any atom is 0.271 e. The van der Waals surface area contributed by atoms with E-state index in [2.05, 4.69) is 20.3 Å². The molecular formula is C15H12N4O. The standard InChI is InChI=1S/C15H12N4O/c20-15(18-9-11-5-7-16-8-6-11)14-10-17-12-3-1-2-4-13(12)19-14/h1-8,10H,9H2,(H,18,20). The zero-order valence-corrected chi connectivity index (χ0v) is 10.7. The summed E-state index contributed by atoms with van der Waals surface area (Å²) in [7, 11) is 0. The summed E-state index contributed by atoms with van der Waals surface area (Å²) in [4.78, 5) is 24.5. The van der Waals surface area contributed by atoms with Crippen molar-refractivity contribution in [2.45, 2.75) is 6.54 Å². The van der Waals surface area contributed by atoms with E-state index in [0.717, 1.165) is 11.1 Å². The number of rotatable bonds is 3. The van der Waals surface area contributed by atoms with Crippen molar-refractivity contribution >= 4 is 16.9 Å². The van der Waals surface area contributed by atoms with E-state index in [0.29, 0.717) is 17.8 Å². The van der Waals surface area contributed by atoms with Crippen LogP contribution in [0.2, 0.25) is 0 Å². The van der Waals surface area contributed by atoms with Crippen LogP contribution in [0.1, 0.15) is 16.1 Å². The summed E-state index contributed by atoms with van der Waals surface area (Å²) in [6.07, 6.45) is 4.87. The van der Waals surface area contributed by atoms with Gasteiger partial charge in [-0.3, -0.25) is 14.8 Å². The minimum Gasteiger partial charge on any atom is -0.347 e. The molecule has 0 atom stereocenters. The van der Waals surface area contributed by atoms with Crippen molar-refractivity contribution in [3.8, 4) is 0 Å². The number of pyridine rings is 1. The molecular weight excluding hydrogens is 252 g/mol. The number of hydrogen-bond acceptors (Lipinski definition) is 4. The van der Waals surface area contributed by atoms with E-state index < -0.39 is 0 Å². The van der Waals surface area contributed by atoms with Gasteiger partial charge < -0.3 is 5.32 Å². The molecule has 0 saturated carbocycles. The smallest absolute Gasteiger partial charge is 0.271 e. The highest BCUT2D eigenvalue weighted by molar-refractivity contribution is 5.93. The molecule has 3 aromatic rings. The highest BCUT2D eigenvalue weighted by Crippen LogP contribution is 2.08. The van der Waals surface area contributed by atoms with Crippen molar-refractivity contribution in [2.24, 2.45) is 0 Å². The highest BCUT2D eigenvalue weighted by atomic mass is 16.1. The molecule has 5 nitrogen and oxygen atoms in total. The largest absolute Gasteiger partial charge is 0.347 e. The second-order valence-corrected chi connectivity index (χ2v) is 4.28. The number of carbonyl (C=O) groups is 1. The molecule has 98 valence electrons. The fourth-order valence-electron chi connectivity index (χ4n) is 1.84. The first-order chi connectivity index (χ1) is 9.83. The zero-order valence-electron chi connectivity index (χ0n) is 10.7. The molecule has 2 heterocycles. The van der Waals surface area contributed by atoms with Gasteiger partial charge in [-0.25, -0.2) is 4.98 Å². The summed E-state index contributed by atoms with van der Waals surface area (Å²) in [5.74, 6) is -0.236. The molecule has 1 aromatic carbocycles. The van der Waals surface area contributed by atoms with E-state index in [9.17, 15) is 4.79 Å². The topological polar surface area (TPSA) is 67.8 Å². The number of nitrogens with one attached hydrogen (secondary N) is 1. The summed E-state index contributed by atoms with van der Waals surface area (Å²) in [6, 6.07) is 11.2. The Labute approximate surface area is 115 Å². The molecule has 0 aliphatic rings. The van der Waals surface area contributed by atoms with E-state index in [1.165, 1.54) is 6.20 Å². The maximum atomic E-state index is 12.0. The summed E-state index contributed by atoms with van der Waals surface area (Å²) < 4.78 is 0. The zero-order chi connectivity index (χ0) is 13.8. The third-order valence-corrected chi connectivity index (χ3v) is 2.88. The van der Waals surface area contributed by atoms with Crippen molar-refractivity contribution in [1.29, 1.82) is 0 Å². The van der Waals surface area contributed by atoms with Gasteiger partial charge in [0.2, 0.25) is 0 Å². The molecule has 2 aromatic heterocycles. The highest BCUT2D eigenvalue weighted by Gasteiger charge is 2.08. The Morgan fingerprint density at radius 2 is 1.80 bits per heavy atom. The third-order valence-electron chi connectivity index (χ3n) is 2.88. The molecule has 1 N–H and O–H groups in total. The predicted octanol–water partition coefficient (Wildman–Crippen LogP) is 1.95. The van der Waals surface area contributed by atoms with Crippen molar-refractivity contribution in [1.82, 2.24) is 20.3 Å². The molecule has 0 aliphatic heterocycles. The lowest BCUT2D eigenvalue weighted by molar-refractivity contribution is 0.0946. The Kier molecular flexibility index (Phi) is 3.33. The molecule has 3 rings (SSSR count). The fraction of sp³-hybridized carbons (Fsp3) is 0.0667. The van der Waals surface area contributed by atoms with Crippen LogP contribution >= 0.6 is 0 Å². The fourth-order valence-corrected chi connectivity index (χ4v) is 1.84. The average Bonchev–Trinajstić information content (AvgIpc) is 2.53. The number of hydrogen-bond donors (Lipinski definition) is 1. The molecule has 1 amide bonds. The Hall–Kier alpha value is -2.82. The van der Waals surface area contributed by atoms with Crippen molar-refractivity contribution in [3.05, 3.63) is 66.2 Å². The summed E-state index contributed by atoms with van der Waals surface area (Å²) in [6.45, 7) is 0.440. The first kappa shape index (κ1) is 12.2. The van der Waals surface area contributed by atoms with Gasteiger partial charge in [0.15, 0.2) is 0 Å². The van der Waals surface area contributed by atoms with E-state index in [1.54, 1.807) is 12.4 Å². The van der Waals surface area contributed by atoms with Gasteiger partial charge in [-0.1, -0.05) is 12.1 Å². The minimum absolute atomic E-state index is 0.236. The second kappa shape index (κ2) is 5.44. The normalized spacial score (nSPS) is 10.4. The molecule has 0 radical (unpaired) electrons. The van der Waals surface area contributed by atoms with Crippen LogP contribution in [0.25, 0.3) is 11.0 Å². The van der Waals surface area contributed by atoms with Crippen LogP contribution in [0, 0.1) is 0 Å². The number of benzene rings is 1. The van der Waals surface area contributed by atoms with Crippen molar-refractivity contribution < 1.29 is 4.79 Å². The lowest BCUT2D eigenvalue weighted by Crippen LogP contribution is -2.24. The lowest BCUT2D eigenvalue weighted by atomic mass is 10.2. The summed E-state index contributed by atoms with van der Waals surface area (Å²) in [5.41, 5.74) is 2.79. The monoisotopic (exact) mass is 264 g/mol. The molecule has 0 spiro atoms.